The van der Waals surface area contributed by atoms with Crippen LogP contribution in [0.1, 0.15) is 6.23 Å². The molecule has 5 heterocycles. The molecule has 0 aliphatic carbocycles. The Morgan fingerprint density at radius 2 is 1.70 bits per heavy atom. The topological polar surface area (TPSA) is 358 Å². The monoisotopic (exact) mass is 742 g/mol. The number of nitrogens with zero attached hydrogens (tertiary/aromatic N) is 5. The normalized spacial score (nSPS) is 27.0. The van der Waals surface area contributed by atoms with Gasteiger partial charge in [0.1, 0.15) is 24.0 Å². The van der Waals surface area contributed by atoms with Gasteiger partial charge in [0, 0.05) is 16.7 Å². The Balaban J connectivity index is 1.13. The summed E-state index contributed by atoms with van der Waals surface area (Å²) in [5, 5.41) is 32.3. The number of ether oxygens (including phenoxy) is 1. The van der Waals surface area contributed by atoms with Crippen LogP contribution in [0.25, 0.3) is 11.2 Å². The first-order chi connectivity index (χ1) is 22.0. The Kier molecular flexibility index (Phi) is 10.2. The van der Waals surface area contributed by atoms with Crippen molar-refractivity contribution >= 4 is 81.7 Å². The summed E-state index contributed by atoms with van der Waals surface area (Å²) in [5.74, 6) is -0.395. The standard InChI is InChI=1S/C20H28N10O13P2S2/c21-19-26-14-8(16(34)28-19)25-5(1-23-14)12(46)13(47)6(31)2-40-44(36,37)43-45(38,39)41-3-7-10(32)11(33)18(42-7)30-4-24-9-15(30)27-20(22)29-17(9)35/h1,4-7,10-13,18,25,31-33,46-47H,2-3H2,(H,36,37)(H,38,39)(H3,21,26,28,34)(H3,22,27,29,35)/t5-,6-,7-,10-,11-,12?,13?,18-/m1/s1. The van der Waals surface area contributed by atoms with E-state index in [-0.39, 0.29) is 34.6 Å². The zero-order valence-electron chi connectivity index (χ0n) is 23.4. The lowest BCUT2D eigenvalue weighted by Crippen LogP contribution is -2.45. The molecule has 0 saturated carbocycles. The Morgan fingerprint density at radius 3 is 2.43 bits per heavy atom. The zero-order chi connectivity index (χ0) is 34.4. The Hall–Kier alpha value is -2.90. The largest absolute Gasteiger partial charge is 0.481 e. The molecule has 258 valence electrons. The van der Waals surface area contributed by atoms with Crippen LogP contribution in [0.4, 0.5) is 23.4 Å². The van der Waals surface area contributed by atoms with Crippen molar-refractivity contribution in [2.24, 2.45) is 4.99 Å². The molecule has 0 aromatic carbocycles. The Labute approximate surface area is 272 Å². The highest BCUT2D eigenvalue weighted by Crippen LogP contribution is 2.60. The number of nitrogens with two attached hydrogens (primary N) is 2. The fraction of sp³-hybridized carbons (Fsp3) is 0.500. The van der Waals surface area contributed by atoms with Crippen molar-refractivity contribution < 1.29 is 52.3 Å². The van der Waals surface area contributed by atoms with Gasteiger partial charge >= 0.3 is 15.6 Å². The maximum absolute atomic E-state index is 12.4. The molecule has 1 saturated heterocycles. The van der Waals surface area contributed by atoms with Crippen LogP contribution in [0.5, 0.6) is 0 Å². The SMILES string of the molecule is Nc1nc2c(c(=O)[nH]1)N[C@@H](C(S)C(S)[C@H](O)COP(=O)(O)OP(=O)(O)OC[C@H]1O[C@@H](n3cnc4c(=O)[nH]c(N)nc43)[C@H](O)[C@@H]1O)C=N2. The van der Waals surface area contributed by atoms with E-state index in [1.807, 2.05) is 0 Å². The summed E-state index contributed by atoms with van der Waals surface area (Å²) in [4.78, 5) is 64.5. The zero-order valence-corrected chi connectivity index (χ0v) is 26.9. The average molecular weight is 743 g/mol. The number of aliphatic imine (C=N–C) groups is 1. The van der Waals surface area contributed by atoms with E-state index >= 15 is 0 Å². The van der Waals surface area contributed by atoms with E-state index in [9.17, 15) is 43.8 Å². The van der Waals surface area contributed by atoms with Gasteiger partial charge in [0.15, 0.2) is 23.2 Å². The van der Waals surface area contributed by atoms with Gasteiger partial charge in [0.05, 0.1) is 31.7 Å². The van der Waals surface area contributed by atoms with Crippen molar-refractivity contribution in [1.82, 2.24) is 29.5 Å². The minimum absolute atomic E-state index is 0.0152. The van der Waals surface area contributed by atoms with Crippen LogP contribution < -0.4 is 27.9 Å². The molecule has 2 aliphatic rings. The molecular formula is C20H28N10O13P2S2. The highest BCUT2D eigenvalue weighted by Gasteiger charge is 2.46. The molecule has 5 rings (SSSR count). The average Bonchev–Trinajstić information content (AvgIpc) is 3.53. The molecule has 0 amide bonds. The minimum Gasteiger partial charge on any atom is -0.390 e. The number of phosphoric ester groups is 2. The van der Waals surface area contributed by atoms with Crippen molar-refractivity contribution in [2.75, 3.05) is 30.0 Å². The molecule has 2 aliphatic heterocycles. The smallest absolute Gasteiger partial charge is 0.390 e. The minimum atomic E-state index is -5.40. The number of imidazole rings is 1. The van der Waals surface area contributed by atoms with E-state index in [0.29, 0.717) is 0 Å². The lowest BCUT2D eigenvalue weighted by atomic mass is 10.1. The third-order valence-corrected chi connectivity index (χ3v) is 10.9. The molecule has 3 aromatic rings. The molecule has 12 N–H and O–H groups in total. The molecule has 4 unspecified atom stereocenters. The molecular weight excluding hydrogens is 714 g/mol. The molecule has 0 bridgehead atoms. The van der Waals surface area contributed by atoms with Crippen LogP contribution >= 0.6 is 40.9 Å². The molecule has 47 heavy (non-hydrogen) atoms. The van der Waals surface area contributed by atoms with E-state index < -0.39 is 87.2 Å². The number of hydrogen-bond acceptors (Lipinski definition) is 20. The van der Waals surface area contributed by atoms with Crippen molar-refractivity contribution in [1.29, 1.82) is 0 Å². The number of nitrogen functional groups attached to an aromatic ring is 2. The van der Waals surface area contributed by atoms with Crippen LogP contribution in [0.3, 0.4) is 0 Å². The van der Waals surface area contributed by atoms with Gasteiger partial charge in [-0.15, -0.1) is 0 Å². The number of aromatic nitrogens is 6. The Bertz CT molecular complexity index is 1890. The van der Waals surface area contributed by atoms with Crippen molar-refractivity contribution in [3.63, 3.8) is 0 Å². The summed E-state index contributed by atoms with van der Waals surface area (Å²) in [5.41, 5.74) is 9.49. The fourth-order valence-electron chi connectivity index (χ4n) is 4.51. The predicted octanol–water partition coefficient (Wildman–Crippen LogP) is -2.61. The van der Waals surface area contributed by atoms with Crippen molar-refractivity contribution in [3.05, 3.63) is 27.0 Å². The summed E-state index contributed by atoms with van der Waals surface area (Å²) >= 11 is 8.63. The van der Waals surface area contributed by atoms with Gasteiger partial charge in [-0.1, -0.05) is 0 Å². The van der Waals surface area contributed by atoms with E-state index in [1.54, 1.807) is 0 Å². The fourth-order valence-corrected chi connectivity index (χ4v) is 7.23. The van der Waals surface area contributed by atoms with Crippen molar-refractivity contribution in [3.8, 4) is 0 Å². The maximum Gasteiger partial charge on any atom is 0.481 e. The van der Waals surface area contributed by atoms with E-state index in [2.05, 4.69) is 73.8 Å². The van der Waals surface area contributed by atoms with Crippen LogP contribution in [0, 0.1) is 0 Å². The van der Waals surface area contributed by atoms with Gasteiger partial charge in [-0.2, -0.15) is 39.5 Å². The van der Waals surface area contributed by atoms with Gasteiger partial charge in [0.25, 0.3) is 11.1 Å². The highest BCUT2D eigenvalue weighted by atomic mass is 32.1. The number of fused-ring (bicyclic) bond motifs is 2. The third kappa shape index (κ3) is 7.72. The number of phosphoric acid groups is 2. The highest BCUT2D eigenvalue weighted by molar-refractivity contribution is 7.85. The maximum atomic E-state index is 12.4. The molecule has 23 nitrogen and oxygen atoms in total. The lowest BCUT2D eigenvalue weighted by Gasteiger charge is -2.31. The van der Waals surface area contributed by atoms with Crippen LogP contribution in [-0.4, -0.2) is 115 Å². The number of anilines is 3. The number of hydrogen-bond donors (Lipinski definition) is 12. The van der Waals surface area contributed by atoms with Gasteiger partial charge in [-0.05, 0) is 0 Å². The lowest BCUT2D eigenvalue weighted by molar-refractivity contribution is -0.0504. The number of nitrogens with one attached hydrogen (secondary N) is 3. The van der Waals surface area contributed by atoms with Crippen molar-refractivity contribution in [2.45, 2.75) is 47.2 Å². The van der Waals surface area contributed by atoms with Gasteiger partial charge in [-0.25, -0.2) is 19.1 Å². The number of thiol groups is 2. The van der Waals surface area contributed by atoms with Gasteiger partial charge in [0.2, 0.25) is 11.9 Å². The first-order valence-corrected chi connectivity index (χ1v) is 17.1. The summed E-state index contributed by atoms with van der Waals surface area (Å²) in [6.07, 6.45) is -5.51. The number of H-pyrrole nitrogens is 2. The van der Waals surface area contributed by atoms with E-state index in [0.717, 1.165) is 10.9 Å². The second kappa shape index (κ2) is 13.5. The molecule has 1 fully saturated rings. The summed E-state index contributed by atoms with van der Waals surface area (Å²) in [7, 11) is -10.8. The Morgan fingerprint density at radius 1 is 1.04 bits per heavy atom. The summed E-state index contributed by atoms with van der Waals surface area (Å²) in [6.45, 7) is -1.89. The molecule has 0 spiro atoms. The van der Waals surface area contributed by atoms with E-state index in [4.69, 9.17) is 16.2 Å². The second-order valence-electron chi connectivity index (χ2n) is 10.1. The number of rotatable bonds is 12. The second-order valence-corrected chi connectivity index (χ2v) is 14.3. The van der Waals surface area contributed by atoms with Gasteiger partial charge in [-0.3, -0.25) is 33.2 Å². The number of aliphatic hydroxyl groups is 3. The van der Waals surface area contributed by atoms with Gasteiger partial charge < -0.3 is 46.6 Å². The first kappa shape index (κ1) is 35.4. The third-order valence-electron chi connectivity index (χ3n) is 6.78. The predicted molar refractivity (Wildman–Crippen MR) is 168 cm³/mol. The van der Waals surface area contributed by atoms with Crippen LogP contribution in [0.2, 0.25) is 0 Å². The molecule has 0 radical (unpaired) electrons. The van der Waals surface area contributed by atoms with Crippen LogP contribution in [-0.2, 0) is 27.2 Å². The quantitative estimate of drug-likeness (QED) is 0.0668. The molecule has 27 heteroatoms. The first-order valence-electron chi connectivity index (χ1n) is 13.1. The number of aromatic amines is 2. The molecule has 10 atom stereocenters. The summed E-state index contributed by atoms with van der Waals surface area (Å²) in [6, 6.07) is -0.784. The van der Waals surface area contributed by atoms with Crippen LogP contribution in [0.15, 0.2) is 20.9 Å². The van der Waals surface area contributed by atoms with E-state index in [1.165, 1.54) is 6.21 Å². The number of aliphatic hydroxyl groups excluding tert-OH is 3. The summed E-state index contributed by atoms with van der Waals surface area (Å²) < 4.78 is 45.1. The molecule has 3 aromatic heterocycles.